The Morgan fingerprint density at radius 2 is 0.905 bits per heavy atom. The third-order valence-corrected chi connectivity index (χ3v) is 1.76. The Morgan fingerprint density at radius 3 is 0.905 bits per heavy atom. The predicted molar refractivity (Wildman–Crippen MR) is 75.6 cm³/mol. The monoisotopic (exact) mass is 374 g/mol. The first-order chi connectivity index (χ1) is 9.44. The standard InChI is InChI=1S/C6H14O3.3CHClO2/c1-2-6(3-7,4-8)5-9;3*2-1(3)4/h7-9H,2-5H2,1H3;3*(H,3,4). The molecule has 0 aromatic carbocycles. The van der Waals surface area contributed by atoms with Crippen molar-refractivity contribution in [1.29, 1.82) is 0 Å². The first kappa shape index (κ1) is 28.3. The minimum atomic E-state index is -1.36. The molecule has 0 unspecified atom stereocenters. The molecule has 0 radical (unpaired) electrons. The van der Waals surface area contributed by atoms with Gasteiger partial charge in [0.15, 0.2) is 0 Å². The van der Waals surface area contributed by atoms with Gasteiger partial charge >= 0.3 is 16.3 Å². The lowest BCUT2D eigenvalue weighted by molar-refractivity contribution is 0.00304. The van der Waals surface area contributed by atoms with Crippen molar-refractivity contribution < 1.29 is 45.0 Å². The number of rotatable bonds is 4. The van der Waals surface area contributed by atoms with Crippen molar-refractivity contribution in [3.05, 3.63) is 0 Å². The molecule has 0 bridgehead atoms. The summed E-state index contributed by atoms with van der Waals surface area (Å²) in [4.78, 5) is 26.3. The van der Waals surface area contributed by atoms with Gasteiger partial charge in [-0.2, -0.15) is 0 Å². The minimum Gasteiger partial charge on any atom is -0.469 e. The number of carbonyl (C=O) groups is 3. The lowest BCUT2D eigenvalue weighted by Gasteiger charge is -2.24. The minimum absolute atomic E-state index is 0.156. The van der Waals surface area contributed by atoms with Gasteiger partial charge in [0.25, 0.3) is 0 Å². The van der Waals surface area contributed by atoms with E-state index in [-0.39, 0.29) is 19.8 Å². The van der Waals surface area contributed by atoms with Crippen LogP contribution in [0.25, 0.3) is 0 Å². The normalized spacial score (nSPS) is 8.71. The van der Waals surface area contributed by atoms with E-state index in [2.05, 4.69) is 34.8 Å². The molecule has 0 aliphatic carbocycles. The van der Waals surface area contributed by atoms with Crippen molar-refractivity contribution in [3.63, 3.8) is 0 Å². The molecule has 9 nitrogen and oxygen atoms in total. The van der Waals surface area contributed by atoms with Crippen LogP contribution in [0.5, 0.6) is 0 Å². The number of aliphatic hydroxyl groups is 3. The van der Waals surface area contributed by atoms with Crippen molar-refractivity contribution >= 4 is 51.1 Å². The van der Waals surface area contributed by atoms with Crippen molar-refractivity contribution in [1.82, 2.24) is 0 Å². The quantitative estimate of drug-likeness (QED) is 0.402. The van der Waals surface area contributed by atoms with Crippen LogP contribution < -0.4 is 0 Å². The van der Waals surface area contributed by atoms with Crippen LogP contribution in [0.4, 0.5) is 14.4 Å². The second-order valence-corrected chi connectivity index (χ2v) is 4.06. The van der Waals surface area contributed by atoms with E-state index in [1.165, 1.54) is 0 Å². The second-order valence-electron chi connectivity index (χ2n) is 3.09. The summed E-state index contributed by atoms with van der Waals surface area (Å²) in [6.45, 7) is 1.35. The van der Waals surface area contributed by atoms with Crippen LogP contribution in [0.1, 0.15) is 13.3 Å². The van der Waals surface area contributed by atoms with Crippen LogP contribution in [0.15, 0.2) is 0 Å². The largest absolute Gasteiger partial charge is 0.469 e. The summed E-state index contributed by atoms with van der Waals surface area (Å²) in [5.74, 6) is 0. The summed E-state index contributed by atoms with van der Waals surface area (Å²) in [6, 6.07) is 0. The Balaban J connectivity index is -0.000000102. The van der Waals surface area contributed by atoms with Gasteiger partial charge in [0, 0.05) is 40.2 Å². The van der Waals surface area contributed by atoms with Gasteiger partial charge in [0.2, 0.25) is 0 Å². The first-order valence-electron chi connectivity index (χ1n) is 4.92. The van der Waals surface area contributed by atoms with Gasteiger partial charge in [0.1, 0.15) is 0 Å². The highest BCUT2D eigenvalue weighted by Gasteiger charge is 2.24. The highest BCUT2D eigenvalue weighted by atomic mass is 35.5. The van der Waals surface area contributed by atoms with Gasteiger partial charge in [-0.25, -0.2) is 14.4 Å². The zero-order valence-corrected chi connectivity index (χ0v) is 13.1. The number of aliphatic hydroxyl groups excluding tert-OH is 3. The Kier molecular flexibility index (Phi) is 25.9. The van der Waals surface area contributed by atoms with Crippen LogP contribution in [0.3, 0.4) is 0 Å². The molecule has 21 heavy (non-hydrogen) atoms. The molecule has 0 heterocycles. The van der Waals surface area contributed by atoms with E-state index in [1.54, 1.807) is 0 Å². The van der Waals surface area contributed by atoms with Crippen molar-refractivity contribution in [2.24, 2.45) is 5.41 Å². The zero-order chi connectivity index (χ0) is 18.1. The van der Waals surface area contributed by atoms with Crippen molar-refractivity contribution in [2.75, 3.05) is 19.8 Å². The molecule has 12 heteroatoms. The molecule has 0 saturated carbocycles. The van der Waals surface area contributed by atoms with Crippen LogP contribution in [-0.2, 0) is 0 Å². The maximum atomic E-state index is 8.77. The third-order valence-electron chi connectivity index (χ3n) is 1.76. The Labute approximate surface area is 135 Å². The molecule has 0 atom stereocenters. The van der Waals surface area contributed by atoms with Crippen molar-refractivity contribution in [2.45, 2.75) is 13.3 Å². The van der Waals surface area contributed by atoms with Gasteiger partial charge in [0.05, 0.1) is 19.8 Å². The Morgan fingerprint density at radius 1 is 0.762 bits per heavy atom. The van der Waals surface area contributed by atoms with Crippen LogP contribution in [0, 0.1) is 5.41 Å². The van der Waals surface area contributed by atoms with E-state index in [9.17, 15) is 0 Å². The fourth-order valence-corrected chi connectivity index (χ4v) is 0.485. The van der Waals surface area contributed by atoms with Crippen molar-refractivity contribution in [3.8, 4) is 0 Å². The molecule has 0 aliphatic heterocycles. The molecule has 0 fully saturated rings. The summed E-state index contributed by atoms with van der Waals surface area (Å²) in [5, 5.41) is 47.5. The lowest BCUT2D eigenvalue weighted by Crippen LogP contribution is -2.32. The molecule has 0 spiro atoms. The van der Waals surface area contributed by atoms with Gasteiger partial charge < -0.3 is 30.6 Å². The molecule has 128 valence electrons. The van der Waals surface area contributed by atoms with E-state index in [0.717, 1.165) is 0 Å². The number of hydrogen-bond donors (Lipinski definition) is 6. The molecule has 0 aromatic heterocycles. The van der Waals surface area contributed by atoms with Crippen LogP contribution in [-0.4, -0.2) is 66.7 Å². The van der Waals surface area contributed by atoms with Gasteiger partial charge in [-0.1, -0.05) is 6.92 Å². The summed E-state index contributed by atoms with van der Waals surface area (Å²) in [6.07, 6.45) is 0.594. The average Bonchev–Trinajstić information content (AvgIpc) is 2.30. The van der Waals surface area contributed by atoms with Gasteiger partial charge in [-0.3, -0.25) is 0 Å². The average molecular weight is 376 g/mol. The number of carboxylic acid groups (broad SMARTS) is 3. The first-order valence-corrected chi connectivity index (χ1v) is 6.05. The molecule has 0 aliphatic rings. The second kappa shape index (κ2) is 19.2. The Bertz CT molecular complexity index is 224. The van der Waals surface area contributed by atoms with E-state index in [4.69, 9.17) is 45.0 Å². The van der Waals surface area contributed by atoms with Gasteiger partial charge in [-0.15, -0.1) is 0 Å². The van der Waals surface area contributed by atoms with E-state index in [0.29, 0.717) is 6.42 Å². The summed E-state index contributed by atoms with van der Waals surface area (Å²) >= 11 is 12.6. The predicted octanol–water partition coefficient (Wildman–Crippen LogP) is 2.07. The molecule has 0 rings (SSSR count). The highest BCUT2D eigenvalue weighted by molar-refractivity contribution is 6.60. The third kappa shape index (κ3) is 45.3. The highest BCUT2D eigenvalue weighted by Crippen LogP contribution is 2.18. The van der Waals surface area contributed by atoms with Crippen LogP contribution >= 0.6 is 34.8 Å². The SMILES string of the molecule is CCC(CO)(CO)CO.O=C(O)Cl.O=C(O)Cl.O=C(O)Cl. The maximum absolute atomic E-state index is 8.77. The molecule has 0 saturated heterocycles. The van der Waals surface area contributed by atoms with Gasteiger partial charge in [-0.05, 0) is 6.42 Å². The van der Waals surface area contributed by atoms with Crippen LogP contribution in [0.2, 0.25) is 0 Å². The molecule has 6 N–H and O–H groups in total. The fourth-order valence-electron chi connectivity index (χ4n) is 0.485. The summed E-state index contributed by atoms with van der Waals surface area (Å²) < 4.78 is 0. The maximum Gasteiger partial charge on any atom is 0.401 e. The summed E-state index contributed by atoms with van der Waals surface area (Å²) in [5.41, 5.74) is -4.75. The molecular weight excluding hydrogens is 358 g/mol. The molecular formula is C9H17Cl3O9. The smallest absolute Gasteiger partial charge is 0.401 e. The van der Waals surface area contributed by atoms with E-state index < -0.39 is 21.7 Å². The lowest BCUT2D eigenvalue weighted by atomic mass is 9.88. The zero-order valence-electron chi connectivity index (χ0n) is 10.9. The van der Waals surface area contributed by atoms with E-state index in [1.807, 2.05) is 6.92 Å². The fraction of sp³-hybridized carbons (Fsp3) is 0.667. The number of halogens is 3. The number of hydrogen-bond acceptors (Lipinski definition) is 6. The topological polar surface area (TPSA) is 173 Å². The van der Waals surface area contributed by atoms with E-state index >= 15 is 0 Å². The Hall–Kier alpha value is -0.840. The molecule has 0 aromatic rings. The molecule has 0 amide bonds. The summed E-state index contributed by atoms with van der Waals surface area (Å²) in [7, 11) is 0.